The van der Waals surface area contributed by atoms with Crippen molar-refractivity contribution in [2.24, 2.45) is 11.1 Å². The van der Waals surface area contributed by atoms with Crippen LogP contribution in [-0.4, -0.2) is 52.4 Å². The molecule has 0 atom stereocenters. The molecule has 1 saturated heterocycles. The SMILES string of the molecule is C=CC(=O)N1CC2(CC(n3nc(-c4ccc(OCC(F)(F)F)cc4)c(C(N)=O)c3N)C2)C1. The summed E-state index contributed by atoms with van der Waals surface area (Å²) in [5.41, 5.74) is 12.5. The zero-order valence-electron chi connectivity index (χ0n) is 17.1. The number of likely N-dealkylation sites (tertiary alicyclic amines) is 1. The largest absolute Gasteiger partial charge is 0.484 e. The van der Waals surface area contributed by atoms with Crippen molar-refractivity contribution in [3.63, 3.8) is 0 Å². The van der Waals surface area contributed by atoms with Crippen molar-refractivity contribution in [1.82, 2.24) is 14.7 Å². The number of primary amides is 1. The topological polar surface area (TPSA) is 116 Å². The fourth-order valence-corrected chi connectivity index (χ4v) is 4.46. The van der Waals surface area contributed by atoms with Crippen LogP contribution in [0.15, 0.2) is 36.9 Å². The molecule has 170 valence electrons. The maximum absolute atomic E-state index is 12.3. The summed E-state index contributed by atoms with van der Waals surface area (Å²) in [7, 11) is 0. The third-order valence-electron chi connectivity index (χ3n) is 5.95. The number of halogens is 3. The summed E-state index contributed by atoms with van der Waals surface area (Å²) in [6.07, 6.45) is -1.65. The number of nitrogen functional groups attached to an aromatic ring is 1. The molecule has 2 aliphatic rings. The summed E-state index contributed by atoms with van der Waals surface area (Å²) in [5, 5.41) is 4.51. The standard InChI is InChI=1S/C21H22F3N5O3/c1-2-15(30)28-9-20(10-28)7-13(8-20)29-18(25)16(19(26)31)17(27-29)12-3-5-14(6-4-12)32-11-21(22,23)24/h2-6,13H,1,7-11,25H2,(H2,26,31). The molecule has 2 heterocycles. The number of carbonyl (C=O) groups excluding carboxylic acids is 2. The van der Waals surface area contributed by atoms with Crippen LogP contribution in [0.4, 0.5) is 19.0 Å². The van der Waals surface area contributed by atoms with Crippen LogP contribution >= 0.6 is 0 Å². The molecular weight excluding hydrogens is 427 g/mol. The quantitative estimate of drug-likeness (QED) is 0.658. The lowest BCUT2D eigenvalue weighted by atomic mass is 9.60. The van der Waals surface area contributed by atoms with Crippen molar-refractivity contribution in [3.8, 4) is 17.0 Å². The van der Waals surface area contributed by atoms with E-state index >= 15 is 0 Å². The molecular formula is C21H22F3N5O3. The lowest BCUT2D eigenvalue weighted by molar-refractivity contribution is -0.153. The van der Waals surface area contributed by atoms with Crippen LogP contribution in [0.3, 0.4) is 0 Å². The maximum Gasteiger partial charge on any atom is 0.422 e. The van der Waals surface area contributed by atoms with Crippen LogP contribution in [-0.2, 0) is 4.79 Å². The van der Waals surface area contributed by atoms with E-state index in [9.17, 15) is 22.8 Å². The fourth-order valence-electron chi connectivity index (χ4n) is 4.46. The molecule has 1 aliphatic carbocycles. The molecule has 1 aromatic carbocycles. The third kappa shape index (κ3) is 3.90. The fraction of sp³-hybridized carbons (Fsp3) is 0.381. The van der Waals surface area contributed by atoms with E-state index in [0.717, 1.165) is 12.8 Å². The van der Waals surface area contributed by atoms with Crippen LogP contribution in [0.2, 0.25) is 0 Å². The first-order valence-corrected chi connectivity index (χ1v) is 9.91. The van der Waals surface area contributed by atoms with Crippen molar-refractivity contribution in [2.45, 2.75) is 25.1 Å². The van der Waals surface area contributed by atoms with Crippen LogP contribution in [0.25, 0.3) is 11.3 Å². The Bertz CT molecular complexity index is 1060. The highest BCUT2D eigenvalue weighted by molar-refractivity contribution is 6.03. The molecule has 32 heavy (non-hydrogen) atoms. The number of hydrogen-bond acceptors (Lipinski definition) is 5. The Morgan fingerprint density at radius 3 is 2.41 bits per heavy atom. The van der Waals surface area contributed by atoms with Gasteiger partial charge in [0.25, 0.3) is 5.91 Å². The highest BCUT2D eigenvalue weighted by Crippen LogP contribution is 2.54. The molecule has 11 heteroatoms. The van der Waals surface area contributed by atoms with Crippen molar-refractivity contribution in [2.75, 3.05) is 25.4 Å². The van der Waals surface area contributed by atoms with Gasteiger partial charge in [-0.2, -0.15) is 18.3 Å². The molecule has 0 unspecified atom stereocenters. The van der Waals surface area contributed by atoms with Crippen molar-refractivity contribution in [1.29, 1.82) is 0 Å². The first kappa shape index (κ1) is 21.7. The average molecular weight is 449 g/mol. The lowest BCUT2D eigenvalue weighted by Crippen LogP contribution is -2.63. The summed E-state index contributed by atoms with van der Waals surface area (Å²) >= 11 is 0. The number of hydrogen-bond donors (Lipinski definition) is 2. The van der Waals surface area contributed by atoms with Gasteiger partial charge < -0.3 is 21.1 Å². The Morgan fingerprint density at radius 2 is 1.88 bits per heavy atom. The second-order valence-electron chi connectivity index (χ2n) is 8.31. The normalized spacial score (nSPS) is 17.5. The predicted octanol–water partition coefficient (Wildman–Crippen LogP) is 2.52. The van der Waals surface area contributed by atoms with E-state index in [1.807, 2.05) is 0 Å². The summed E-state index contributed by atoms with van der Waals surface area (Å²) < 4.78 is 43.3. The van der Waals surface area contributed by atoms with Gasteiger partial charge in [0, 0.05) is 24.1 Å². The molecule has 0 bridgehead atoms. The first-order valence-electron chi connectivity index (χ1n) is 9.91. The van der Waals surface area contributed by atoms with Gasteiger partial charge >= 0.3 is 6.18 Å². The minimum absolute atomic E-state index is 0.0201. The predicted molar refractivity (Wildman–Crippen MR) is 110 cm³/mol. The number of benzene rings is 1. The number of nitrogens with zero attached hydrogens (tertiary/aromatic N) is 3. The Kier molecular flexibility index (Phi) is 5.14. The van der Waals surface area contributed by atoms with E-state index in [1.165, 1.54) is 30.3 Å². The highest BCUT2D eigenvalue weighted by atomic mass is 19.4. The Balaban J connectivity index is 1.51. The summed E-state index contributed by atoms with van der Waals surface area (Å²) in [6.45, 7) is 3.37. The van der Waals surface area contributed by atoms with E-state index < -0.39 is 18.7 Å². The number of nitrogens with two attached hydrogens (primary N) is 2. The van der Waals surface area contributed by atoms with Crippen LogP contribution in [0.5, 0.6) is 5.75 Å². The molecule has 1 aromatic heterocycles. The van der Waals surface area contributed by atoms with Gasteiger partial charge in [0.15, 0.2) is 6.61 Å². The van der Waals surface area contributed by atoms with Gasteiger partial charge in [-0.15, -0.1) is 0 Å². The summed E-state index contributed by atoms with van der Waals surface area (Å²) in [5.74, 6) is -0.674. The van der Waals surface area contributed by atoms with Gasteiger partial charge in [-0.05, 0) is 43.2 Å². The second-order valence-corrected chi connectivity index (χ2v) is 8.31. The summed E-state index contributed by atoms with van der Waals surface area (Å²) in [6, 6.07) is 5.67. The van der Waals surface area contributed by atoms with Gasteiger partial charge in [0.2, 0.25) is 5.91 Å². The van der Waals surface area contributed by atoms with Crippen LogP contribution < -0.4 is 16.2 Å². The van der Waals surface area contributed by atoms with Crippen LogP contribution in [0.1, 0.15) is 29.2 Å². The Morgan fingerprint density at radius 1 is 1.25 bits per heavy atom. The molecule has 0 radical (unpaired) electrons. The van der Waals surface area contributed by atoms with Gasteiger partial charge in [-0.25, -0.2) is 4.68 Å². The zero-order chi connectivity index (χ0) is 23.3. The number of anilines is 1. The van der Waals surface area contributed by atoms with Crippen molar-refractivity contribution < 1.29 is 27.5 Å². The molecule has 1 saturated carbocycles. The molecule has 4 N–H and O–H groups in total. The number of alkyl halides is 3. The minimum atomic E-state index is -4.44. The minimum Gasteiger partial charge on any atom is -0.484 e. The van der Waals surface area contributed by atoms with Gasteiger partial charge in [-0.1, -0.05) is 6.58 Å². The molecule has 8 nitrogen and oxygen atoms in total. The van der Waals surface area contributed by atoms with E-state index in [4.69, 9.17) is 16.2 Å². The van der Waals surface area contributed by atoms with Crippen molar-refractivity contribution >= 4 is 17.6 Å². The number of amides is 2. The number of carbonyl (C=O) groups is 2. The molecule has 1 spiro atoms. The first-order chi connectivity index (χ1) is 15.0. The lowest BCUT2D eigenvalue weighted by Gasteiger charge is -2.58. The van der Waals surface area contributed by atoms with E-state index in [0.29, 0.717) is 18.7 Å². The Labute approximate surface area is 181 Å². The third-order valence-corrected chi connectivity index (χ3v) is 5.95. The molecule has 1 aliphatic heterocycles. The Hall–Kier alpha value is -3.50. The smallest absolute Gasteiger partial charge is 0.422 e. The van der Waals surface area contributed by atoms with Gasteiger partial charge in [0.1, 0.15) is 22.8 Å². The number of aromatic nitrogens is 2. The maximum atomic E-state index is 12.3. The molecule has 2 fully saturated rings. The zero-order valence-corrected chi connectivity index (χ0v) is 17.1. The van der Waals surface area contributed by atoms with Crippen molar-refractivity contribution in [3.05, 3.63) is 42.5 Å². The van der Waals surface area contributed by atoms with E-state index in [2.05, 4.69) is 11.7 Å². The van der Waals surface area contributed by atoms with Gasteiger partial charge in [0.05, 0.1) is 6.04 Å². The van der Waals surface area contributed by atoms with Gasteiger partial charge in [-0.3, -0.25) is 9.59 Å². The van der Waals surface area contributed by atoms with Crippen LogP contribution in [0, 0.1) is 5.41 Å². The number of rotatable bonds is 6. The highest BCUT2D eigenvalue weighted by Gasteiger charge is 2.54. The van der Waals surface area contributed by atoms with E-state index in [1.54, 1.807) is 9.58 Å². The molecule has 4 rings (SSSR count). The summed E-state index contributed by atoms with van der Waals surface area (Å²) in [4.78, 5) is 25.5. The van der Waals surface area contributed by atoms with E-state index in [-0.39, 0.29) is 40.2 Å². The second kappa shape index (κ2) is 7.57. The monoisotopic (exact) mass is 449 g/mol. The average Bonchev–Trinajstić information content (AvgIpc) is 3.01. The molecule has 2 aromatic rings. The molecule has 2 amide bonds. The number of ether oxygens (including phenoxy) is 1.